The minimum atomic E-state index is -4.01. The number of aromatic nitrogens is 1. The van der Waals surface area contributed by atoms with Crippen LogP contribution in [0.5, 0.6) is 0 Å². The summed E-state index contributed by atoms with van der Waals surface area (Å²) in [6, 6.07) is 17.6. The number of nitrogens with two attached hydrogens (primary N) is 1. The van der Waals surface area contributed by atoms with E-state index in [-0.39, 0.29) is 15.7 Å². The number of rotatable bonds is 6. The predicted octanol–water partition coefficient (Wildman–Crippen LogP) is 3.89. The molecular formula is C23H23N3O4S2. The molecule has 0 bridgehead atoms. The highest BCUT2D eigenvalue weighted by Crippen LogP contribution is 2.32. The second-order valence-electron chi connectivity index (χ2n) is 7.55. The van der Waals surface area contributed by atoms with Gasteiger partial charge >= 0.3 is 0 Å². The molecular weight excluding hydrogens is 446 g/mol. The van der Waals surface area contributed by atoms with Crippen molar-refractivity contribution in [1.29, 1.82) is 5.26 Å². The topological polar surface area (TPSA) is 123 Å². The quantitative estimate of drug-likeness (QED) is 0.549. The number of hydrogen-bond donors (Lipinski definition) is 1. The molecule has 7 nitrogen and oxygen atoms in total. The smallest absolute Gasteiger partial charge is 0.240 e. The molecule has 2 N–H and O–H groups in total. The summed E-state index contributed by atoms with van der Waals surface area (Å²) in [4.78, 5) is -0.430. The standard InChI is InChI=1S/C23H23N3O4S2/c1-16(2)22-14-18(13-20(15-24)31(27,28)19-9-5-4-6-10-19)17(3)26(22)21-11-7-8-12-23(21)32(25,29)30/h4-14,16H,1-3H3,(H2,25,29,30)/b20-13+. The Morgan fingerprint density at radius 3 is 2.19 bits per heavy atom. The maximum atomic E-state index is 13.0. The Balaban J connectivity index is 2.28. The number of benzene rings is 2. The van der Waals surface area contributed by atoms with Crippen molar-refractivity contribution in [2.24, 2.45) is 5.14 Å². The SMILES string of the molecule is Cc1c(/C=C(\C#N)S(=O)(=O)c2ccccc2)cc(C(C)C)n1-c1ccccc1S(N)(=O)=O. The zero-order chi connectivity index (χ0) is 23.7. The van der Waals surface area contributed by atoms with E-state index >= 15 is 0 Å². The van der Waals surface area contributed by atoms with E-state index in [0.717, 1.165) is 5.69 Å². The van der Waals surface area contributed by atoms with Gasteiger partial charge < -0.3 is 4.57 Å². The number of sulfone groups is 1. The molecule has 0 saturated carbocycles. The van der Waals surface area contributed by atoms with Crippen LogP contribution < -0.4 is 5.14 Å². The molecule has 0 unspecified atom stereocenters. The Morgan fingerprint density at radius 1 is 1.03 bits per heavy atom. The van der Waals surface area contributed by atoms with Crippen molar-refractivity contribution in [1.82, 2.24) is 4.57 Å². The summed E-state index contributed by atoms with van der Waals surface area (Å²) >= 11 is 0. The number of hydrogen-bond acceptors (Lipinski definition) is 5. The summed E-state index contributed by atoms with van der Waals surface area (Å²) in [5.74, 6) is -0.0272. The second-order valence-corrected chi connectivity index (χ2v) is 11.0. The number of allylic oxidation sites excluding steroid dienone is 1. The molecule has 166 valence electrons. The van der Waals surface area contributed by atoms with E-state index in [9.17, 15) is 22.1 Å². The normalized spacial score (nSPS) is 12.7. The van der Waals surface area contributed by atoms with Crippen LogP contribution in [0.25, 0.3) is 11.8 Å². The van der Waals surface area contributed by atoms with Gasteiger partial charge in [-0.3, -0.25) is 0 Å². The fraction of sp³-hybridized carbons (Fsp3) is 0.174. The van der Waals surface area contributed by atoms with Gasteiger partial charge in [0.1, 0.15) is 15.9 Å². The largest absolute Gasteiger partial charge is 0.316 e. The molecule has 0 radical (unpaired) electrons. The fourth-order valence-corrected chi connectivity index (χ4v) is 5.35. The molecule has 0 fully saturated rings. The average molecular weight is 470 g/mol. The van der Waals surface area contributed by atoms with E-state index < -0.39 is 24.8 Å². The van der Waals surface area contributed by atoms with E-state index in [4.69, 9.17) is 5.14 Å². The van der Waals surface area contributed by atoms with Crippen molar-refractivity contribution in [3.05, 3.63) is 82.5 Å². The van der Waals surface area contributed by atoms with Gasteiger partial charge in [0.05, 0.1) is 10.6 Å². The molecule has 1 aromatic heterocycles. The van der Waals surface area contributed by atoms with E-state index in [1.807, 2.05) is 13.8 Å². The molecule has 0 aliphatic carbocycles. The molecule has 9 heteroatoms. The number of sulfonamides is 1. The average Bonchev–Trinajstić information content (AvgIpc) is 3.08. The lowest BCUT2D eigenvalue weighted by Gasteiger charge is -2.17. The molecule has 0 saturated heterocycles. The van der Waals surface area contributed by atoms with E-state index in [2.05, 4.69) is 0 Å². The van der Waals surface area contributed by atoms with Gasteiger partial charge in [-0.1, -0.05) is 44.2 Å². The van der Waals surface area contributed by atoms with Crippen LogP contribution >= 0.6 is 0 Å². The van der Waals surface area contributed by atoms with Gasteiger partial charge in [0.2, 0.25) is 19.9 Å². The Bertz CT molecular complexity index is 1440. The maximum Gasteiger partial charge on any atom is 0.240 e. The van der Waals surface area contributed by atoms with Gasteiger partial charge in [-0.25, -0.2) is 22.0 Å². The molecule has 3 rings (SSSR count). The Hall–Kier alpha value is -3.19. The third-order valence-corrected chi connectivity index (χ3v) is 7.70. The van der Waals surface area contributed by atoms with Crippen LogP contribution in [0.2, 0.25) is 0 Å². The molecule has 0 spiro atoms. The second kappa shape index (κ2) is 8.74. The lowest BCUT2D eigenvalue weighted by molar-refractivity contribution is 0.596. The highest BCUT2D eigenvalue weighted by Gasteiger charge is 2.24. The van der Waals surface area contributed by atoms with Crippen LogP contribution in [-0.4, -0.2) is 21.4 Å². The minimum absolute atomic E-state index is 0.0218. The van der Waals surface area contributed by atoms with Crippen LogP contribution in [-0.2, 0) is 19.9 Å². The Morgan fingerprint density at radius 2 is 1.62 bits per heavy atom. The van der Waals surface area contributed by atoms with Gasteiger partial charge in [-0.05, 0) is 54.8 Å². The molecule has 0 aliphatic heterocycles. The first-order chi connectivity index (χ1) is 15.0. The van der Waals surface area contributed by atoms with Crippen LogP contribution in [0.15, 0.2) is 75.4 Å². The third kappa shape index (κ3) is 4.39. The number of nitriles is 1. The third-order valence-electron chi connectivity index (χ3n) is 5.06. The van der Waals surface area contributed by atoms with Gasteiger partial charge in [-0.2, -0.15) is 5.26 Å². The summed E-state index contributed by atoms with van der Waals surface area (Å²) in [6.07, 6.45) is 1.32. The first-order valence-corrected chi connectivity index (χ1v) is 12.8. The first-order valence-electron chi connectivity index (χ1n) is 9.75. The summed E-state index contributed by atoms with van der Waals surface area (Å²) < 4.78 is 52.0. The molecule has 32 heavy (non-hydrogen) atoms. The van der Waals surface area contributed by atoms with Crippen LogP contribution in [0.1, 0.15) is 36.7 Å². The van der Waals surface area contributed by atoms with Crippen LogP contribution in [0.4, 0.5) is 0 Å². The van der Waals surface area contributed by atoms with Crippen molar-refractivity contribution < 1.29 is 16.8 Å². The minimum Gasteiger partial charge on any atom is -0.316 e. The number of primary sulfonamides is 1. The maximum absolute atomic E-state index is 13.0. The Kier molecular flexibility index (Phi) is 6.41. The summed E-state index contributed by atoms with van der Waals surface area (Å²) in [7, 11) is -8.01. The van der Waals surface area contributed by atoms with Crippen LogP contribution in [0, 0.1) is 18.3 Å². The summed E-state index contributed by atoms with van der Waals surface area (Å²) in [5.41, 5.74) is 2.19. The van der Waals surface area contributed by atoms with Crippen molar-refractivity contribution in [2.45, 2.75) is 36.5 Å². The van der Waals surface area contributed by atoms with Gasteiger partial charge in [0.15, 0.2) is 0 Å². The monoisotopic (exact) mass is 469 g/mol. The molecule has 0 aliphatic rings. The first kappa shape index (κ1) is 23.5. The highest BCUT2D eigenvalue weighted by atomic mass is 32.2. The van der Waals surface area contributed by atoms with Crippen molar-refractivity contribution in [3.63, 3.8) is 0 Å². The van der Waals surface area contributed by atoms with E-state index in [1.165, 1.54) is 24.3 Å². The van der Waals surface area contributed by atoms with E-state index in [1.54, 1.807) is 60.0 Å². The van der Waals surface area contributed by atoms with Crippen molar-refractivity contribution >= 4 is 25.9 Å². The highest BCUT2D eigenvalue weighted by molar-refractivity contribution is 7.95. The molecule has 2 aromatic carbocycles. The predicted molar refractivity (Wildman–Crippen MR) is 123 cm³/mol. The van der Waals surface area contributed by atoms with E-state index in [0.29, 0.717) is 16.9 Å². The molecule has 0 atom stereocenters. The van der Waals surface area contributed by atoms with Crippen molar-refractivity contribution in [3.8, 4) is 11.8 Å². The lowest BCUT2D eigenvalue weighted by Crippen LogP contribution is -2.16. The molecule has 0 amide bonds. The summed E-state index contributed by atoms with van der Waals surface area (Å²) in [5, 5.41) is 15.1. The zero-order valence-corrected chi connectivity index (χ0v) is 19.5. The van der Waals surface area contributed by atoms with Gasteiger partial charge in [0, 0.05) is 11.4 Å². The van der Waals surface area contributed by atoms with Crippen LogP contribution in [0.3, 0.4) is 0 Å². The fourth-order valence-electron chi connectivity index (χ4n) is 3.46. The molecule has 1 heterocycles. The number of nitrogens with zero attached hydrogens (tertiary/aromatic N) is 2. The Labute approximate surface area is 188 Å². The van der Waals surface area contributed by atoms with Gasteiger partial charge in [0.25, 0.3) is 0 Å². The zero-order valence-electron chi connectivity index (χ0n) is 17.8. The lowest BCUT2D eigenvalue weighted by atomic mass is 10.1. The van der Waals surface area contributed by atoms with Gasteiger partial charge in [-0.15, -0.1) is 0 Å². The molecule has 3 aromatic rings. The number of para-hydroxylation sites is 1. The van der Waals surface area contributed by atoms with Crippen molar-refractivity contribution in [2.75, 3.05) is 0 Å². The summed E-state index contributed by atoms with van der Waals surface area (Å²) in [6.45, 7) is 5.61.